The van der Waals surface area contributed by atoms with Crippen molar-refractivity contribution in [3.8, 4) is 5.75 Å². The van der Waals surface area contributed by atoms with Gasteiger partial charge in [0.1, 0.15) is 6.61 Å². The van der Waals surface area contributed by atoms with Gasteiger partial charge in [-0.2, -0.15) is 0 Å². The molecule has 1 aromatic carbocycles. The fourth-order valence-corrected chi connectivity index (χ4v) is 2.77. The first-order valence-electron chi connectivity index (χ1n) is 6.87. The van der Waals surface area contributed by atoms with Crippen LogP contribution in [-0.2, 0) is 13.2 Å². The molecule has 0 amide bonds. The van der Waals surface area contributed by atoms with Crippen LogP contribution in [0.15, 0.2) is 30.3 Å². The van der Waals surface area contributed by atoms with Crippen molar-refractivity contribution in [1.82, 2.24) is 5.32 Å². The predicted octanol–water partition coefficient (Wildman–Crippen LogP) is 4.27. The SMILES string of the molecule is CCCNCc1ccc(COc2cccc(C)c2F)s1. The van der Waals surface area contributed by atoms with Gasteiger partial charge in [-0.25, -0.2) is 4.39 Å². The molecule has 0 saturated heterocycles. The van der Waals surface area contributed by atoms with Crippen LogP contribution in [0.3, 0.4) is 0 Å². The molecule has 0 aliphatic rings. The molecule has 0 aliphatic carbocycles. The maximum atomic E-state index is 13.8. The van der Waals surface area contributed by atoms with Crippen molar-refractivity contribution < 1.29 is 9.13 Å². The highest BCUT2D eigenvalue weighted by molar-refractivity contribution is 7.11. The van der Waals surface area contributed by atoms with E-state index in [-0.39, 0.29) is 5.82 Å². The van der Waals surface area contributed by atoms with Crippen LogP contribution < -0.4 is 10.1 Å². The standard InChI is InChI=1S/C16H20FNOS/c1-3-9-18-10-13-7-8-14(20-13)11-19-15-6-4-5-12(2)16(15)17/h4-8,18H,3,9-11H2,1-2H3. The first-order chi connectivity index (χ1) is 9.70. The minimum Gasteiger partial charge on any atom is -0.485 e. The first-order valence-corrected chi connectivity index (χ1v) is 7.68. The molecule has 2 rings (SSSR count). The molecule has 108 valence electrons. The Bertz CT molecular complexity index is 553. The molecule has 0 atom stereocenters. The molecule has 1 heterocycles. The molecule has 1 aromatic heterocycles. The quantitative estimate of drug-likeness (QED) is 0.770. The molecular weight excluding hydrogens is 273 g/mol. The molecule has 20 heavy (non-hydrogen) atoms. The third kappa shape index (κ3) is 4.05. The molecule has 0 radical (unpaired) electrons. The van der Waals surface area contributed by atoms with Gasteiger partial charge in [0, 0.05) is 16.3 Å². The highest BCUT2D eigenvalue weighted by atomic mass is 32.1. The van der Waals surface area contributed by atoms with Gasteiger partial charge in [0.25, 0.3) is 0 Å². The van der Waals surface area contributed by atoms with E-state index in [2.05, 4.69) is 18.3 Å². The average molecular weight is 293 g/mol. The zero-order valence-electron chi connectivity index (χ0n) is 11.9. The van der Waals surface area contributed by atoms with Gasteiger partial charge >= 0.3 is 0 Å². The van der Waals surface area contributed by atoms with Crippen LogP contribution in [0.1, 0.15) is 28.7 Å². The Morgan fingerprint density at radius 1 is 1.20 bits per heavy atom. The van der Waals surface area contributed by atoms with Gasteiger partial charge in [0.2, 0.25) is 0 Å². The molecule has 2 nitrogen and oxygen atoms in total. The van der Waals surface area contributed by atoms with E-state index < -0.39 is 0 Å². The molecule has 0 unspecified atom stereocenters. The maximum Gasteiger partial charge on any atom is 0.167 e. The summed E-state index contributed by atoms with van der Waals surface area (Å²) in [5, 5.41) is 3.36. The van der Waals surface area contributed by atoms with Crippen molar-refractivity contribution in [2.75, 3.05) is 6.54 Å². The van der Waals surface area contributed by atoms with Crippen molar-refractivity contribution in [2.24, 2.45) is 0 Å². The fraction of sp³-hybridized carbons (Fsp3) is 0.375. The van der Waals surface area contributed by atoms with E-state index in [4.69, 9.17) is 4.74 Å². The van der Waals surface area contributed by atoms with Crippen LogP contribution in [0, 0.1) is 12.7 Å². The molecule has 0 fully saturated rings. The Morgan fingerprint density at radius 2 is 2.00 bits per heavy atom. The number of benzene rings is 1. The van der Waals surface area contributed by atoms with E-state index in [1.165, 1.54) is 4.88 Å². The van der Waals surface area contributed by atoms with Gasteiger partial charge in [-0.15, -0.1) is 11.3 Å². The minimum atomic E-state index is -0.270. The maximum absolute atomic E-state index is 13.8. The Hall–Kier alpha value is -1.39. The van der Waals surface area contributed by atoms with Crippen molar-refractivity contribution >= 4 is 11.3 Å². The number of aryl methyl sites for hydroxylation is 1. The molecular formula is C16H20FNOS. The molecule has 1 N–H and O–H groups in total. The van der Waals surface area contributed by atoms with E-state index in [9.17, 15) is 4.39 Å². The topological polar surface area (TPSA) is 21.3 Å². The molecule has 2 aromatic rings. The van der Waals surface area contributed by atoms with Crippen LogP contribution in [-0.4, -0.2) is 6.54 Å². The monoisotopic (exact) mass is 293 g/mol. The second kappa shape index (κ2) is 7.41. The number of ether oxygens (including phenoxy) is 1. The van der Waals surface area contributed by atoms with Crippen molar-refractivity contribution in [3.05, 3.63) is 51.5 Å². The minimum absolute atomic E-state index is 0.270. The zero-order chi connectivity index (χ0) is 14.4. The Balaban J connectivity index is 1.89. The molecule has 0 saturated carbocycles. The highest BCUT2D eigenvalue weighted by Gasteiger charge is 2.07. The number of nitrogens with one attached hydrogen (secondary N) is 1. The summed E-state index contributed by atoms with van der Waals surface area (Å²) >= 11 is 1.70. The highest BCUT2D eigenvalue weighted by Crippen LogP contribution is 2.23. The second-order valence-corrected chi connectivity index (χ2v) is 5.97. The smallest absolute Gasteiger partial charge is 0.167 e. The second-order valence-electron chi connectivity index (χ2n) is 4.72. The van der Waals surface area contributed by atoms with Crippen molar-refractivity contribution in [1.29, 1.82) is 0 Å². The van der Waals surface area contributed by atoms with Crippen LogP contribution >= 0.6 is 11.3 Å². The molecule has 4 heteroatoms. The summed E-state index contributed by atoms with van der Waals surface area (Å²) in [5.41, 5.74) is 0.609. The number of rotatable bonds is 7. The lowest BCUT2D eigenvalue weighted by Crippen LogP contribution is -2.12. The van der Waals surface area contributed by atoms with Gasteiger partial charge in [0.05, 0.1) is 0 Å². The third-order valence-electron chi connectivity index (χ3n) is 2.97. The van der Waals surface area contributed by atoms with E-state index in [1.807, 2.05) is 12.1 Å². The first kappa shape index (κ1) is 15.0. The van der Waals surface area contributed by atoms with Gasteiger partial charge in [-0.1, -0.05) is 19.1 Å². The summed E-state index contributed by atoms with van der Waals surface area (Å²) in [6.07, 6.45) is 1.13. The Labute approximate surface area is 123 Å². The van der Waals surface area contributed by atoms with Gasteiger partial charge < -0.3 is 10.1 Å². The van der Waals surface area contributed by atoms with E-state index in [0.717, 1.165) is 24.4 Å². The molecule has 0 aliphatic heterocycles. The lowest BCUT2D eigenvalue weighted by Gasteiger charge is -2.07. The largest absolute Gasteiger partial charge is 0.485 e. The lowest BCUT2D eigenvalue weighted by molar-refractivity contribution is 0.293. The lowest BCUT2D eigenvalue weighted by atomic mass is 10.2. The molecule has 0 bridgehead atoms. The van der Waals surface area contributed by atoms with Gasteiger partial charge in [0.15, 0.2) is 11.6 Å². The molecule has 0 spiro atoms. The Morgan fingerprint density at radius 3 is 2.80 bits per heavy atom. The Kier molecular flexibility index (Phi) is 5.56. The van der Waals surface area contributed by atoms with Crippen molar-refractivity contribution in [3.63, 3.8) is 0 Å². The van der Waals surface area contributed by atoms with Crippen molar-refractivity contribution in [2.45, 2.75) is 33.4 Å². The predicted molar refractivity (Wildman–Crippen MR) is 81.8 cm³/mol. The van der Waals surface area contributed by atoms with Crippen LogP contribution in [0.2, 0.25) is 0 Å². The number of hydrogen-bond acceptors (Lipinski definition) is 3. The van der Waals surface area contributed by atoms with E-state index in [0.29, 0.717) is 17.9 Å². The van der Waals surface area contributed by atoms with Crippen LogP contribution in [0.5, 0.6) is 5.75 Å². The fourth-order valence-electron chi connectivity index (χ4n) is 1.86. The number of thiophene rings is 1. The van der Waals surface area contributed by atoms with E-state index in [1.54, 1.807) is 30.4 Å². The van der Waals surface area contributed by atoms with Crippen LogP contribution in [0.4, 0.5) is 4.39 Å². The van der Waals surface area contributed by atoms with Gasteiger partial charge in [-0.05, 0) is 43.7 Å². The van der Waals surface area contributed by atoms with E-state index >= 15 is 0 Å². The van der Waals surface area contributed by atoms with Crippen LogP contribution in [0.25, 0.3) is 0 Å². The number of halogens is 1. The summed E-state index contributed by atoms with van der Waals surface area (Å²) in [5.74, 6) is 0.0537. The summed E-state index contributed by atoms with van der Waals surface area (Å²) < 4.78 is 19.3. The zero-order valence-corrected chi connectivity index (χ0v) is 12.7. The summed E-state index contributed by atoms with van der Waals surface area (Å²) in [4.78, 5) is 2.39. The normalized spacial score (nSPS) is 10.8. The number of hydrogen-bond donors (Lipinski definition) is 1. The summed E-state index contributed by atoms with van der Waals surface area (Å²) in [6.45, 7) is 6.22. The average Bonchev–Trinajstić information content (AvgIpc) is 2.89. The summed E-state index contributed by atoms with van der Waals surface area (Å²) in [6, 6.07) is 9.35. The third-order valence-corrected chi connectivity index (χ3v) is 4.03. The van der Waals surface area contributed by atoms with Gasteiger partial charge in [-0.3, -0.25) is 0 Å². The summed E-state index contributed by atoms with van der Waals surface area (Å²) in [7, 11) is 0.